The van der Waals surface area contributed by atoms with Crippen LogP contribution < -0.4 is 15.0 Å². The average Bonchev–Trinajstić information content (AvgIpc) is 2.83. The molecule has 1 amide bonds. The predicted octanol–water partition coefficient (Wildman–Crippen LogP) is 6.61. The summed E-state index contributed by atoms with van der Waals surface area (Å²) in [6.45, 7) is 14.1. The van der Waals surface area contributed by atoms with Crippen molar-refractivity contribution in [2.45, 2.75) is 46.7 Å². The lowest BCUT2D eigenvalue weighted by molar-refractivity contribution is 0.0903. The predicted molar refractivity (Wildman–Crippen MR) is 164 cm³/mol. The minimum absolute atomic E-state index is 0. The maximum Gasteiger partial charge on any atom is 0.251 e. The minimum Gasteiger partial charge on any atom is -0.508 e. The maximum absolute atomic E-state index is 13.1. The van der Waals surface area contributed by atoms with Gasteiger partial charge in [0.15, 0.2) is 0 Å². The fraction of sp³-hybridized carbons (Fsp3) is 0.387. The van der Waals surface area contributed by atoms with Gasteiger partial charge in [0, 0.05) is 55.6 Å². The molecule has 1 aliphatic rings. The molecule has 3 aromatic carbocycles. The third-order valence-corrected chi connectivity index (χ3v) is 7.00. The molecule has 8 heteroatoms. The number of aromatic hydroxyl groups is 1. The lowest BCUT2D eigenvalue weighted by atomic mass is 10.0. The number of amides is 1. The standard InChI is InChI=1S/C31H39N3O3.2ClH/c1-21(2)30(20-33-13-14-34(24(5)19-33)26-7-6-8-27(35)18-26)32-31(36)25-9-11-28(12-10-25)37-29-16-22(3)15-23(4)17-29;;/h6-12,15-18,21,24,30,35H,13-14,19-20H2,1-5H3,(H,32,36);2*1H/t24-,30+;;/m0../s1. The lowest BCUT2D eigenvalue weighted by Gasteiger charge is -2.42. The molecular weight excluding hydrogens is 533 g/mol. The topological polar surface area (TPSA) is 65.0 Å². The summed E-state index contributed by atoms with van der Waals surface area (Å²) in [4.78, 5) is 17.9. The van der Waals surface area contributed by atoms with E-state index in [0.717, 1.165) is 48.7 Å². The molecule has 3 aromatic rings. The summed E-state index contributed by atoms with van der Waals surface area (Å²) < 4.78 is 6.00. The third-order valence-electron chi connectivity index (χ3n) is 7.00. The first-order valence-electron chi connectivity index (χ1n) is 13.1. The molecule has 2 N–H and O–H groups in total. The van der Waals surface area contributed by atoms with Gasteiger partial charge >= 0.3 is 0 Å². The number of piperazine rings is 1. The number of nitrogens with one attached hydrogen (secondary N) is 1. The zero-order valence-electron chi connectivity index (χ0n) is 23.4. The quantitative estimate of drug-likeness (QED) is 0.317. The summed E-state index contributed by atoms with van der Waals surface area (Å²) in [6.07, 6.45) is 0. The first-order chi connectivity index (χ1) is 17.7. The zero-order chi connectivity index (χ0) is 26.5. The highest BCUT2D eigenvalue weighted by Gasteiger charge is 2.27. The Labute approximate surface area is 245 Å². The van der Waals surface area contributed by atoms with Gasteiger partial charge in [0.2, 0.25) is 0 Å². The van der Waals surface area contributed by atoms with Gasteiger partial charge in [-0.05, 0) is 86.3 Å². The third kappa shape index (κ3) is 8.79. The summed E-state index contributed by atoms with van der Waals surface area (Å²) in [7, 11) is 0. The van der Waals surface area contributed by atoms with E-state index in [0.29, 0.717) is 29.0 Å². The molecule has 212 valence electrons. The fourth-order valence-corrected chi connectivity index (χ4v) is 5.01. The molecule has 0 spiro atoms. The van der Waals surface area contributed by atoms with Crippen molar-refractivity contribution in [3.05, 3.63) is 83.4 Å². The van der Waals surface area contributed by atoms with Crippen LogP contribution in [-0.2, 0) is 0 Å². The van der Waals surface area contributed by atoms with Crippen LogP contribution in [-0.4, -0.2) is 54.2 Å². The van der Waals surface area contributed by atoms with Crippen molar-refractivity contribution in [3.63, 3.8) is 0 Å². The maximum atomic E-state index is 13.1. The highest BCUT2D eigenvalue weighted by Crippen LogP contribution is 2.26. The van der Waals surface area contributed by atoms with Crippen LogP contribution >= 0.6 is 24.8 Å². The number of phenols is 1. The Morgan fingerprint density at radius 1 is 0.974 bits per heavy atom. The molecule has 0 aromatic heterocycles. The van der Waals surface area contributed by atoms with Gasteiger partial charge in [-0.3, -0.25) is 9.69 Å². The molecule has 1 heterocycles. The summed E-state index contributed by atoms with van der Waals surface area (Å²) in [5.41, 5.74) is 3.98. The van der Waals surface area contributed by atoms with Crippen molar-refractivity contribution >= 4 is 36.4 Å². The van der Waals surface area contributed by atoms with E-state index in [9.17, 15) is 9.90 Å². The van der Waals surface area contributed by atoms with Crippen LogP contribution in [0.2, 0.25) is 0 Å². The van der Waals surface area contributed by atoms with Gasteiger partial charge in [-0.2, -0.15) is 0 Å². The summed E-state index contributed by atoms with van der Waals surface area (Å²) in [5.74, 6) is 2.03. The van der Waals surface area contributed by atoms with Crippen molar-refractivity contribution in [2.24, 2.45) is 5.92 Å². The van der Waals surface area contributed by atoms with Crippen LogP contribution in [0, 0.1) is 19.8 Å². The number of carbonyl (C=O) groups is 1. The van der Waals surface area contributed by atoms with E-state index in [-0.39, 0.29) is 36.8 Å². The van der Waals surface area contributed by atoms with E-state index < -0.39 is 0 Å². The summed E-state index contributed by atoms with van der Waals surface area (Å²) >= 11 is 0. The average molecular weight is 575 g/mol. The number of carbonyl (C=O) groups excluding carboxylic acids is 1. The van der Waals surface area contributed by atoms with Crippen LogP contribution in [0.1, 0.15) is 42.3 Å². The van der Waals surface area contributed by atoms with E-state index in [1.165, 1.54) is 0 Å². The van der Waals surface area contributed by atoms with Crippen molar-refractivity contribution < 1.29 is 14.6 Å². The van der Waals surface area contributed by atoms with Gasteiger partial charge in [-0.25, -0.2) is 0 Å². The van der Waals surface area contributed by atoms with Crippen LogP contribution in [0.25, 0.3) is 0 Å². The van der Waals surface area contributed by atoms with Gasteiger partial charge in [-0.15, -0.1) is 24.8 Å². The van der Waals surface area contributed by atoms with Gasteiger partial charge in [-0.1, -0.05) is 26.0 Å². The van der Waals surface area contributed by atoms with Crippen molar-refractivity contribution in [2.75, 3.05) is 31.1 Å². The highest BCUT2D eigenvalue weighted by atomic mass is 35.5. The molecule has 0 radical (unpaired) electrons. The number of hydrogen-bond donors (Lipinski definition) is 2. The number of anilines is 1. The Morgan fingerprint density at radius 3 is 2.23 bits per heavy atom. The van der Waals surface area contributed by atoms with Crippen LogP contribution in [0.4, 0.5) is 5.69 Å². The lowest BCUT2D eigenvalue weighted by Crippen LogP contribution is -2.56. The number of nitrogens with zero attached hydrogens (tertiary/aromatic N) is 2. The van der Waals surface area contributed by atoms with Gasteiger partial charge in [0.05, 0.1) is 0 Å². The Balaban J connectivity index is 0.00000267. The SMILES string of the molecule is Cc1cc(C)cc(Oc2ccc(C(=O)N[C@H](CN3CCN(c4cccc(O)c4)[C@@H](C)C3)C(C)C)cc2)c1.Cl.Cl. The second kappa shape index (κ2) is 14.5. The minimum atomic E-state index is -0.0666. The molecule has 0 saturated carbocycles. The number of rotatable bonds is 8. The molecule has 1 fully saturated rings. The van der Waals surface area contributed by atoms with Crippen molar-refractivity contribution in [3.8, 4) is 17.2 Å². The van der Waals surface area contributed by atoms with Gasteiger partial charge < -0.3 is 20.1 Å². The molecule has 1 aliphatic heterocycles. The Hall–Kier alpha value is -2.93. The highest BCUT2D eigenvalue weighted by molar-refractivity contribution is 5.94. The number of benzene rings is 3. The first kappa shape index (κ1) is 32.3. The van der Waals surface area contributed by atoms with Crippen molar-refractivity contribution in [1.82, 2.24) is 10.2 Å². The van der Waals surface area contributed by atoms with E-state index in [1.807, 2.05) is 68.4 Å². The normalized spacial score (nSPS) is 16.2. The van der Waals surface area contributed by atoms with Gasteiger partial charge in [0.1, 0.15) is 17.2 Å². The summed E-state index contributed by atoms with van der Waals surface area (Å²) in [6, 6.07) is 21.3. The van der Waals surface area contributed by atoms with Crippen LogP contribution in [0.5, 0.6) is 17.2 Å². The first-order valence-corrected chi connectivity index (χ1v) is 13.1. The number of phenolic OH excluding ortho intramolecular Hbond substituents is 1. The number of ether oxygens (including phenoxy) is 1. The van der Waals surface area contributed by atoms with E-state index >= 15 is 0 Å². The molecule has 1 saturated heterocycles. The zero-order valence-corrected chi connectivity index (χ0v) is 25.0. The molecule has 39 heavy (non-hydrogen) atoms. The van der Waals surface area contributed by atoms with Gasteiger partial charge in [0.25, 0.3) is 5.91 Å². The fourth-order valence-electron chi connectivity index (χ4n) is 5.01. The molecule has 4 rings (SSSR count). The Kier molecular flexibility index (Phi) is 12.0. The second-order valence-electron chi connectivity index (χ2n) is 10.6. The largest absolute Gasteiger partial charge is 0.508 e. The molecule has 2 atom stereocenters. The van der Waals surface area contributed by atoms with E-state index in [1.54, 1.807) is 6.07 Å². The molecule has 0 aliphatic carbocycles. The Bertz CT molecular complexity index is 1200. The second-order valence-corrected chi connectivity index (χ2v) is 10.6. The number of aryl methyl sites for hydroxylation is 2. The van der Waals surface area contributed by atoms with Crippen LogP contribution in [0.15, 0.2) is 66.7 Å². The number of hydrogen-bond acceptors (Lipinski definition) is 5. The summed E-state index contributed by atoms with van der Waals surface area (Å²) in [5, 5.41) is 13.1. The molecule has 0 unspecified atom stereocenters. The molecule has 0 bridgehead atoms. The van der Waals surface area contributed by atoms with E-state index in [2.05, 4.69) is 42.0 Å². The molecule has 6 nitrogen and oxygen atoms in total. The monoisotopic (exact) mass is 573 g/mol. The Morgan fingerprint density at radius 2 is 1.64 bits per heavy atom. The molecular formula is C31H41Cl2N3O3. The number of halogens is 2. The smallest absolute Gasteiger partial charge is 0.251 e. The van der Waals surface area contributed by atoms with Crippen LogP contribution in [0.3, 0.4) is 0 Å². The van der Waals surface area contributed by atoms with E-state index in [4.69, 9.17) is 4.74 Å². The van der Waals surface area contributed by atoms with Crippen molar-refractivity contribution in [1.29, 1.82) is 0 Å².